The minimum Gasteiger partial charge on any atom is -0.507 e. The third kappa shape index (κ3) is 2.19. The maximum absolute atomic E-state index is 11.1. The van der Waals surface area contributed by atoms with Crippen LogP contribution in [-0.2, 0) is 0 Å². The normalized spacial score (nSPS) is 11.0. The van der Waals surface area contributed by atoms with Gasteiger partial charge in [0, 0.05) is 16.8 Å². The topological polar surface area (TPSA) is 87.7 Å². The number of rotatable bonds is 2. The van der Waals surface area contributed by atoms with Crippen LogP contribution in [0.2, 0.25) is 5.02 Å². The number of aromatic hydroxyl groups is 1. The number of halogens is 1. The molecule has 0 fully saturated rings. The van der Waals surface area contributed by atoms with Crippen LogP contribution in [-0.4, -0.2) is 30.8 Å². The van der Waals surface area contributed by atoms with Crippen molar-refractivity contribution >= 4 is 23.1 Å². The van der Waals surface area contributed by atoms with E-state index in [9.17, 15) is 9.90 Å². The smallest absolute Gasteiger partial charge is 0.337 e. The lowest BCUT2D eigenvalue weighted by Crippen LogP contribution is -1.95. The quantitative estimate of drug-likeness (QED) is 0.760. The summed E-state index contributed by atoms with van der Waals surface area (Å²) in [7, 11) is 0. The average molecular weight is 304 g/mol. The molecule has 0 saturated carbocycles. The highest BCUT2D eigenvalue weighted by atomic mass is 35.5. The third-order valence-corrected chi connectivity index (χ3v) is 3.39. The largest absolute Gasteiger partial charge is 0.507 e. The summed E-state index contributed by atoms with van der Waals surface area (Å²) in [6.45, 7) is 1.73. The maximum atomic E-state index is 11.1. The zero-order valence-corrected chi connectivity index (χ0v) is 11.7. The molecule has 0 saturated heterocycles. The van der Waals surface area contributed by atoms with Gasteiger partial charge in [0.2, 0.25) is 0 Å². The lowest BCUT2D eigenvalue weighted by Gasteiger charge is -2.08. The minimum absolute atomic E-state index is 0.0538. The summed E-state index contributed by atoms with van der Waals surface area (Å²) in [6.07, 6.45) is 2.68. The van der Waals surface area contributed by atoms with Crippen molar-refractivity contribution in [2.75, 3.05) is 0 Å². The Labute approximate surface area is 124 Å². The zero-order valence-electron chi connectivity index (χ0n) is 10.9. The van der Waals surface area contributed by atoms with Crippen LogP contribution in [0.3, 0.4) is 0 Å². The van der Waals surface area contributed by atoms with Gasteiger partial charge in [-0.25, -0.2) is 14.3 Å². The molecule has 1 aromatic carbocycles. The number of aryl methyl sites for hydroxylation is 1. The van der Waals surface area contributed by atoms with Crippen LogP contribution in [0.4, 0.5) is 0 Å². The molecule has 6 nitrogen and oxygen atoms in total. The van der Waals surface area contributed by atoms with E-state index in [4.69, 9.17) is 16.7 Å². The van der Waals surface area contributed by atoms with Gasteiger partial charge >= 0.3 is 5.97 Å². The highest BCUT2D eigenvalue weighted by molar-refractivity contribution is 6.31. The molecule has 0 unspecified atom stereocenters. The number of aromatic nitrogens is 3. The molecule has 2 heterocycles. The molecule has 0 spiro atoms. The molecule has 21 heavy (non-hydrogen) atoms. The van der Waals surface area contributed by atoms with Crippen LogP contribution in [0, 0.1) is 6.92 Å². The number of hydrogen-bond donors (Lipinski definition) is 2. The maximum Gasteiger partial charge on any atom is 0.337 e. The summed E-state index contributed by atoms with van der Waals surface area (Å²) in [5.41, 5.74) is 2.03. The van der Waals surface area contributed by atoms with Crippen molar-refractivity contribution in [2.24, 2.45) is 0 Å². The van der Waals surface area contributed by atoms with Gasteiger partial charge in [-0.1, -0.05) is 11.6 Å². The van der Waals surface area contributed by atoms with Gasteiger partial charge in [0.1, 0.15) is 17.8 Å². The monoisotopic (exact) mass is 303 g/mol. The lowest BCUT2D eigenvalue weighted by atomic mass is 10.1. The number of carbonyl (C=O) groups is 1. The first-order chi connectivity index (χ1) is 9.97. The molecular weight excluding hydrogens is 294 g/mol. The summed E-state index contributed by atoms with van der Waals surface area (Å²) >= 11 is 6.02. The number of phenolic OH excluding ortho intramolecular Hbond substituents is 1. The van der Waals surface area contributed by atoms with Gasteiger partial charge in [0.05, 0.1) is 11.1 Å². The summed E-state index contributed by atoms with van der Waals surface area (Å²) in [5.74, 6) is -1.00. The van der Waals surface area contributed by atoms with E-state index in [1.807, 2.05) is 0 Å². The molecule has 3 rings (SSSR count). The van der Waals surface area contributed by atoms with E-state index in [2.05, 4.69) is 10.1 Å². The van der Waals surface area contributed by atoms with Crippen LogP contribution in [0.15, 0.2) is 30.7 Å². The van der Waals surface area contributed by atoms with E-state index >= 15 is 0 Å². The van der Waals surface area contributed by atoms with E-state index in [0.29, 0.717) is 27.4 Å². The molecule has 0 bridgehead atoms. The molecule has 2 N–H and O–H groups in total. The molecule has 0 atom stereocenters. The van der Waals surface area contributed by atoms with E-state index < -0.39 is 5.97 Å². The number of aromatic carboxylic acids is 1. The summed E-state index contributed by atoms with van der Waals surface area (Å²) in [6, 6.07) is 4.67. The molecular formula is C14H10ClN3O3. The average Bonchev–Trinajstić information content (AvgIpc) is 2.87. The first-order valence-corrected chi connectivity index (χ1v) is 6.41. The Morgan fingerprint density at radius 3 is 2.81 bits per heavy atom. The van der Waals surface area contributed by atoms with Crippen molar-refractivity contribution in [3.05, 3.63) is 46.9 Å². The van der Waals surface area contributed by atoms with Crippen molar-refractivity contribution in [3.8, 4) is 17.0 Å². The molecule has 2 aromatic heterocycles. The number of hydrogen-bond acceptors (Lipinski definition) is 4. The Balaban J connectivity index is 2.33. The second kappa shape index (κ2) is 4.75. The summed E-state index contributed by atoms with van der Waals surface area (Å²) in [5, 5.41) is 23.7. The molecule has 3 aromatic rings. The van der Waals surface area contributed by atoms with Crippen molar-refractivity contribution in [2.45, 2.75) is 6.92 Å². The first kappa shape index (κ1) is 13.4. The Kier molecular flexibility index (Phi) is 3.03. The molecule has 0 radical (unpaired) electrons. The highest BCUT2D eigenvalue weighted by Gasteiger charge is 2.16. The molecule has 0 amide bonds. The third-order valence-electron chi connectivity index (χ3n) is 3.17. The fourth-order valence-electron chi connectivity index (χ4n) is 2.17. The van der Waals surface area contributed by atoms with Gasteiger partial charge < -0.3 is 10.2 Å². The second-order valence-electron chi connectivity index (χ2n) is 4.59. The molecule has 0 aliphatic heterocycles. The Hall–Kier alpha value is -2.60. The predicted molar refractivity (Wildman–Crippen MR) is 76.8 cm³/mol. The fourth-order valence-corrected chi connectivity index (χ4v) is 2.44. The van der Waals surface area contributed by atoms with Crippen molar-refractivity contribution in [3.63, 3.8) is 0 Å². The van der Waals surface area contributed by atoms with Gasteiger partial charge in [-0.05, 0) is 30.7 Å². The van der Waals surface area contributed by atoms with Gasteiger partial charge in [0.15, 0.2) is 0 Å². The minimum atomic E-state index is -1.06. The van der Waals surface area contributed by atoms with Crippen molar-refractivity contribution in [1.29, 1.82) is 0 Å². The van der Waals surface area contributed by atoms with Crippen LogP contribution in [0.1, 0.15) is 15.9 Å². The molecule has 7 heteroatoms. The number of carboxylic acids is 1. The Bertz CT molecular complexity index is 873. The molecule has 0 aliphatic rings. The molecule has 106 valence electrons. The number of phenols is 1. The summed E-state index contributed by atoms with van der Waals surface area (Å²) < 4.78 is 1.40. The fraction of sp³-hybridized carbons (Fsp3) is 0.0714. The van der Waals surface area contributed by atoms with Gasteiger partial charge in [-0.15, -0.1) is 0 Å². The van der Waals surface area contributed by atoms with Gasteiger partial charge in [0.25, 0.3) is 0 Å². The number of carboxylic acid groups (broad SMARTS) is 1. The van der Waals surface area contributed by atoms with E-state index in [-0.39, 0.29) is 11.3 Å². The van der Waals surface area contributed by atoms with Crippen LogP contribution in [0.25, 0.3) is 16.8 Å². The van der Waals surface area contributed by atoms with Crippen LogP contribution >= 0.6 is 11.6 Å². The van der Waals surface area contributed by atoms with Gasteiger partial charge in [-0.3, -0.25) is 0 Å². The highest BCUT2D eigenvalue weighted by Crippen LogP contribution is 2.35. The number of nitrogens with zero attached hydrogens (tertiary/aromatic N) is 3. The van der Waals surface area contributed by atoms with Crippen molar-refractivity contribution < 1.29 is 15.0 Å². The van der Waals surface area contributed by atoms with Crippen molar-refractivity contribution in [1.82, 2.24) is 14.6 Å². The Morgan fingerprint density at radius 2 is 2.10 bits per heavy atom. The first-order valence-electron chi connectivity index (χ1n) is 6.03. The Morgan fingerprint density at radius 1 is 1.33 bits per heavy atom. The standard InChI is InChI=1S/C14H10ClN3O3/c1-7-2-9(15)4-10(13(7)19)12-11-3-8(14(20)21)5-18(11)17-6-16-12/h2-6,19H,1H3,(H,20,21). The molecule has 0 aliphatic carbocycles. The lowest BCUT2D eigenvalue weighted by molar-refractivity contribution is 0.0697. The number of benzene rings is 1. The van der Waals surface area contributed by atoms with Crippen LogP contribution < -0.4 is 0 Å². The van der Waals surface area contributed by atoms with E-state index in [1.165, 1.54) is 23.1 Å². The summed E-state index contributed by atoms with van der Waals surface area (Å²) in [4.78, 5) is 15.2. The predicted octanol–water partition coefficient (Wildman–Crippen LogP) is 2.76. The van der Waals surface area contributed by atoms with E-state index in [1.54, 1.807) is 19.1 Å². The zero-order chi connectivity index (χ0) is 15.1. The SMILES string of the molecule is Cc1cc(Cl)cc(-c2ncnn3cc(C(=O)O)cc23)c1O. The van der Waals surface area contributed by atoms with Crippen LogP contribution in [0.5, 0.6) is 5.75 Å². The van der Waals surface area contributed by atoms with Gasteiger partial charge in [-0.2, -0.15) is 5.10 Å². The second-order valence-corrected chi connectivity index (χ2v) is 5.03. The van der Waals surface area contributed by atoms with E-state index in [0.717, 1.165) is 0 Å². The number of fused-ring (bicyclic) bond motifs is 1.